The monoisotopic (exact) mass is 368 g/mol. The number of fused-ring (bicyclic) bond motifs is 1. The van der Waals surface area contributed by atoms with E-state index >= 15 is 0 Å². The molecule has 120 valence electrons. The molecular formula is C11H13ClNO7P2+. The molecular weight excluding hydrogens is 356 g/mol. The Bertz CT molecular complexity index is 793. The summed E-state index contributed by atoms with van der Waals surface area (Å²) in [6.45, 7) is -0.986. The van der Waals surface area contributed by atoms with Gasteiger partial charge in [0, 0.05) is 22.5 Å². The van der Waals surface area contributed by atoms with Gasteiger partial charge in [0.2, 0.25) is 12.1 Å². The molecule has 0 amide bonds. The van der Waals surface area contributed by atoms with E-state index in [1.807, 2.05) is 0 Å². The van der Waals surface area contributed by atoms with E-state index < -0.39 is 26.8 Å². The van der Waals surface area contributed by atoms with Gasteiger partial charge in [-0.25, -0.2) is 0 Å². The second kappa shape index (κ2) is 5.67. The fourth-order valence-corrected chi connectivity index (χ4v) is 4.18. The first-order valence-electron chi connectivity index (χ1n) is 5.87. The van der Waals surface area contributed by atoms with Crippen molar-refractivity contribution in [1.29, 1.82) is 0 Å². The molecule has 2 aromatic rings. The smallest absolute Gasteiger partial charge is 0.363 e. The Balaban J connectivity index is 2.62. The molecule has 0 aliphatic carbocycles. The number of hydrogen-bond donors (Lipinski definition) is 5. The Kier molecular flexibility index (Phi) is 4.52. The van der Waals surface area contributed by atoms with E-state index in [1.165, 1.54) is 24.4 Å². The van der Waals surface area contributed by atoms with Gasteiger partial charge < -0.3 is 24.7 Å². The van der Waals surface area contributed by atoms with Crippen LogP contribution < -0.4 is 4.57 Å². The van der Waals surface area contributed by atoms with Crippen LogP contribution in [-0.2, 0) is 15.7 Å². The van der Waals surface area contributed by atoms with Gasteiger partial charge in [-0.2, -0.15) is 4.57 Å². The lowest BCUT2D eigenvalue weighted by molar-refractivity contribution is -0.678. The molecule has 0 bridgehead atoms. The summed E-state index contributed by atoms with van der Waals surface area (Å²) in [7, 11) is -11.0. The average Bonchev–Trinajstić information content (AvgIpc) is 2.35. The number of nitrogens with zero attached hydrogens (tertiary/aromatic N) is 1. The second-order valence-corrected chi connectivity index (χ2v) is 9.15. The number of hydrogen-bond acceptors (Lipinski definition) is 3. The topological polar surface area (TPSA) is 139 Å². The van der Waals surface area contributed by atoms with E-state index in [4.69, 9.17) is 11.6 Å². The molecule has 0 unspecified atom stereocenters. The van der Waals surface area contributed by atoms with Crippen LogP contribution in [0.2, 0.25) is 5.02 Å². The van der Waals surface area contributed by atoms with E-state index in [1.54, 1.807) is 12.1 Å². The largest absolute Gasteiger partial charge is 0.376 e. The molecule has 2 rings (SSSR count). The summed E-state index contributed by atoms with van der Waals surface area (Å²) in [5.74, 6) is 0. The highest BCUT2D eigenvalue weighted by molar-refractivity contribution is 7.72. The zero-order chi connectivity index (χ0) is 16.8. The van der Waals surface area contributed by atoms with Crippen LogP contribution in [0.5, 0.6) is 0 Å². The maximum atomic E-state index is 11.4. The summed E-state index contributed by atoms with van der Waals surface area (Å²) in [6, 6.07) is 7.75. The van der Waals surface area contributed by atoms with E-state index in [0.717, 1.165) is 4.57 Å². The van der Waals surface area contributed by atoms with Crippen molar-refractivity contribution in [2.45, 2.75) is 11.6 Å². The van der Waals surface area contributed by atoms with Crippen molar-refractivity contribution in [2.24, 2.45) is 0 Å². The first-order chi connectivity index (χ1) is 9.96. The third kappa shape index (κ3) is 3.11. The minimum absolute atomic E-state index is 0.396. The maximum absolute atomic E-state index is 11.4. The molecule has 0 aliphatic rings. The van der Waals surface area contributed by atoms with Gasteiger partial charge in [0.05, 0.1) is 0 Å². The van der Waals surface area contributed by atoms with Crippen molar-refractivity contribution in [2.75, 3.05) is 0 Å². The minimum Gasteiger partial charge on any atom is -0.363 e. The summed E-state index contributed by atoms with van der Waals surface area (Å²) in [6.07, 6.45) is 1.34. The van der Waals surface area contributed by atoms with Gasteiger partial charge in [-0.15, -0.1) is 0 Å². The van der Waals surface area contributed by atoms with Crippen LogP contribution in [0.15, 0.2) is 36.5 Å². The van der Waals surface area contributed by atoms with Crippen LogP contribution in [0.3, 0.4) is 0 Å². The number of pyridine rings is 1. The van der Waals surface area contributed by atoms with Crippen LogP contribution in [0, 0.1) is 0 Å². The van der Waals surface area contributed by atoms with Gasteiger partial charge in [-0.3, -0.25) is 9.13 Å². The number of aromatic nitrogens is 1. The first-order valence-corrected chi connectivity index (χ1v) is 9.47. The molecule has 8 nitrogen and oxygen atoms in total. The maximum Gasteiger partial charge on any atom is 0.376 e. The van der Waals surface area contributed by atoms with Crippen LogP contribution in [0.1, 0.15) is 0 Å². The fraction of sp³-hybridized carbons (Fsp3) is 0.182. The Labute approximate surface area is 129 Å². The minimum atomic E-state index is -5.52. The zero-order valence-corrected chi connectivity index (χ0v) is 13.5. The molecule has 1 heterocycles. The molecule has 0 spiro atoms. The highest BCUT2D eigenvalue weighted by atomic mass is 35.5. The lowest BCUT2D eigenvalue weighted by Crippen LogP contribution is -2.47. The zero-order valence-electron chi connectivity index (χ0n) is 10.9. The van der Waals surface area contributed by atoms with Crippen molar-refractivity contribution in [3.63, 3.8) is 0 Å². The normalized spacial score (nSPS) is 13.5. The van der Waals surface area contributed by atoms with Gasteiger partial charge >= 0.3 is 20.3 Å². The molecule has 0 saturated heterocycles. The quantitative estimate of drug-likeness (QED) is 0.397. The van der Waals surface area contributed by atoms with Crippen molar-refractivity contribution >= 4 is 37.7 Å². The fourth-order valence-electron chi connectivity index (χ4n) is 1.97. The molecule has 1 aromatic carbocycles. The molecule has 1 aromatic heterocycles. The van der Waals surface area contributed by atoms with Gasteiger partial charge in [0.25, 0.3) is 0 Å². The summed E-state index contributed by atoms with van der Waals surface area (Å²) in [4.78, 5) is 36.7. The number of aliphatic hydroxyl groups is 1. The second-order valence-electron chi connectivity index (χ2n) is 4.70. The number of benzene rings is 1. The predicted octanol–water partition coefficient (Wildman–Crippen LogP) is 0.782. The molecule has 0 saturated carbocycles. The molecule has 0 fully saturated rings. The average molecular weight is 369 g/mol. The summed E-state index contributed by atoms with van der Waals surface area (Å²) >= 11 is 5.84. The highest BCUT2D eigenvalue weighted by Crippen LogP contribution is 2.67. The van der Waals surface area contributed by atoms with Gasteiger partial charge in [0.1, 0.15) is 0 Å². The molecule has 0 aliphatic heterocycles. The van der Waals surface area contributed by atoms with E-state index in [9.17, 15) is 33.8 Å². The van der Waals surface area contributed by atoms with E-state index in [2.05, 4.69) is 0 Å². The Morgan fingerprint density at radius 2 is 1.68 bits per heavy atom. The number of rotatable bonds is 4. The SMILES string of the molecule is O=P(O)(O)C(O)(C[n+]1cccc2cc(Cl)ccc21)P(=O)(O)O. The van der Waals surface area contributed by atoms with Crippen molar-refractivity contribution < 1.29 is 38.4 Å². The Morgan fingerprint density at radius 1 is 1.09 bits per heavy atom. The predicted molar refractivity (Wildman–Crippen MR) is 78.2 cm³/mol. The first kappa shape index (κ1) is 17.5. The van der Waals surface area contributed by atoms with Crippen molar-refractivity contribution in [1.82, 2.24) is 0 Å². The van der Waals surface area contributed by atoms with Gasteiger partial charge in [-0.1, -0.05) is 11.6 Å². The summed E-state index contributed by atoms with van der Waals surface area (Å²) < 4.78 is 24.0. The molecule has 0 radical (unpaired) electrons. The molecule has 11 heteroatoms. The molecule has 5 N–H and O–H groups in total. The number of halogens is 1. The van der Waals surface area contributed by atoms with E-state index in [0.29, 0.717) is 15.9 Å². The third-order valence-corrected chi connectivity index (χ3v) is 7.10. The lowest BCUT2D eigenvalue weighted by atomic mass is 10.2. The van der Waals surface area contributed by atoms with Crippen molar-refractivity contribution in [3.05, 3.63) is 41.6 Å². The highest BCUT2D eigenvalue weighted by Gasteiger charge is 2.62. The van der Waals surface area contributed by atoms with Crippen LogP contribution in [0.25, 0.3) is 10.9 Å². The summed E-state index contributed by atoms with van der Waals surface area (Å²) in [5.41, 5.74) is 0.396. The lowest BCUT2D eigenvalue weighted by Gasteiger charge is -2.26. The van der Waals surface area contributed by atoms with Gasteiger partial charge in [0.15, 0.2) is 6.20 Å². The molecule has 0 atom stereocenters. The summed E-state index contributed by atoms with van der Waals surface area (Å²) in [5, 5.41) is 7.46. The Morgan fingerprint density at radius 3 is 2.23 bits per heavy atom. The van der Waals surface area contributed by atoms with Crippen LogP contribution in [-0.4, -0.2) is 29.8 Å². The molecule has 22 heavy (non-hydrogen) atoms. The van der Waals surface area contributed by atoms with E-state index in [-0.39, 0.29) is 0 Å². The van der Waals surface area contributed by atoms with Crippen LogP contribution in [0.4, 0.5) is 0 Å². The van der Waals surface area contributed by atoms with Crippen LogP contribution >= 0.6 is 26.8 Å². The Hall–Kier alpha value is -0.820. The van der Waals surface area contributed by atoms with Gasteiger partial charge in [-0.05, 0) is 18.2 Å². The van der Waals surface area contributed by atoms with Crippen molar-refractivity contribution in [3.8, 4) is 0 Å². The third-order valence-electron chi connectivity index (χ3n) is 3.16. The standard InChI is InChI=1S/C11H12ClNO7P2/c12-9-3-4-10-8(6-9)2-1-5-13(10)7-11(14,21(15,16)17)22(18,19)20/h1-6,14H,7H2,(H3-,15,16,17,18,19,20)/p+1.